The Morgan fingerprint density at radius 2 is 1.71 bits per heavy atom. The Kier molecular flexibility index (Phi) is 6.71. The van der Waals surface area contributed by atoms with Crippen molar-refractivity contribution in [3.05, 3.63) is 65.2 Å². The molecular weight excluding hydrogens is 386 g/mol. The first-order chi connectivity index (χ1) is 15.0. The normalized spacial score (nSPS) is 20.3. The lowest BCUT2D eigenvalue weighted by molar-refractivity contribution is -0.127. The lowest BCUT2D eigenvalue weighted by Crippen LogP contribution is -2.46. The number of hydrogen-bond acceptors (Lipinski definition) is 3. The number of likely N-dealkylation sites (tertiary alicyclic amines) is 1. The number of aryl methyl sites for hydroxylation is 2. The third-order valence-electron chi connectivity index (χ3n) is 6.75. The monoisotopic (exact) mass is 419 g/mol. The van der Waals surface area contributed by atoms with Gasteiger partial charge in [-0.15, -0.1) is 0 Å². The molecule has 5 heteroatoms. The van der Waals surface area contributed by atoms with Crippen molar-refractivity contribution in [2.45, 2.75) is 52.1 Å². The second kappa shape index (κ2) is 9.65. The molecule has 0 bridgehead atoms. The molecule has 1 unspecified atom stereocenters. The molecule has 1 atom stereocenters. The third kappa shape index (κ3) is 4.99. The van der Waals surface area contributed by atoms with E-state index in [2.05, 4.69) is 54.4 Å². The maximum Gasteiger partial charge on any atom is 0.227 e. The molecule has 5 nitrogen and oxygen atoms in total. The lowest BCUT2D eigenvalue weighted by atomic mass is 10.0. The van der Waals surface area contributed by atoms with Crippen molar-refractivity contribution in [1.29, 1.82) is 0 Å². The van der Waals surface area contributed by atoms with Crippen LogP contribution in [0.25, 0.3) is 0 Å². The number of carbonyl (C=O) groups excluding carboxylic acids is 2. The molecule has 0 saturated carbocycles. The van der Waals surface area contributed by atoms with Gasteiger partial charge in [0.15, 0.2) is 0 Å². The molecule has 31 heavy (non-hydrogen) atoms. The van der Waals surface area contributed by atoms with Crippen LogP contribution in [0.5, 0.6) is 0 Å². The van der Waals surface area contributed by atoms with E-state index in [1.165, 1.54) is 11.1 Å². The summed E-state index contributed by atoms with van der Waals surface area (Å²) in [5.41, 5.74) is 4.81. The molecule has 0 radical (unpaired) electrons. The van der Waals surface area contributed by atoms with Gasteiger partial charge < -0.3 is 10.2 Å². The van der Waals surface area contributed by atoms with E-state index in [1.807, 2.05) is 18.2 Å². The minimum atomic E-state index is -0.262. The van der Waals surface area contributed by atoms with Crippen molar-refractivity contribution in [3.8, 4) is 0 Å². The first-order valence-electron chi connectivity index (χ1n) is 11.5. The highest BCUT2D eigenvalue weighted by Crippen LogP contribution is 2.29. The predicted molar refractivity (Wildman–Crippen MR) is 124 cm³/mol. The van der Waals surface area contributed by atoms with Crippen LogP contribution in [0, 0.1) is 12.8 Å². The summed E-state index contributed by atoms with van der Waals surface area (Å²) in [4.78, 5) is 29.8. The molecule has 0 spiro atoms. The maximum absolute atomic E-state index is 12.9. The number of nitrogens with zero attached hydrogens (tertiary/aromatic N) is 2. The van der Waals surface area contributed by atoms with Gasteiger partial charge in [-0.2, -0.15) is 0 Å². The minimum absolute atomic E-state index is 0.0298. The standard InChI is InChI=1S/C26H33N3O2/c1-3-20-9-6-7-11-24(20)29-18-22(16-25(29)30)26(31)27-23-12-14-28(15-13-23)17-21-10-5-4-8-19(21)2/h4-11,22-23H,3,12-18H2,1-2H3,(H,27,31). The van der Waals surface area contributed by atoms with Gasteiger partial charge in [0.1, 0.15) is 0 Å². The number of benzene rings is 2. The van der Waals surface area contributed by atoms with Crippen molar-refractivity contribution in [3.63, 3.8) is 0 Å². The topological polar surface area (TPSA) is 52.7 Å². The van der Waals surface area contributed by atoms with E-state index in [0.29, 0.717) is 13.0 Å². The fourth-order valence-electron chi connectivity index (χ4n) is 4.77. The number of amides is 2. The maximum atomic E-state index is 12.9. The highest BCUT2D eigenvalue weighted by molar-refractivity contribution is 6.00. The highest BCUT2D eigenvalue weighted by atomic mass is 16.2. The first kappa shape index (κ1) is 21.6. The third-order valence-corrected chi connectivity index (χ3v) is 6.75. The molecule has 164 valence electrons. The summed E-state index contributed by atoms with van der Waals surface area (Å²) < 4.78 is 0. The molecule has 0 aromatic heterocycles. The number of carbonyl (C=O) groups is 2. The Bertz CT molecular complexity index is 934. The quantitative estimate of drug-likeness (QED) is 0.777. The number of nitrogens with one attached hydrogen (secondary N) is 1. The van der Waals surface area contributed by atoms with Gasteiger partial charge in [-0.3, -0.25) is 14.5 Å². The summed E-state index contributed by atoms with van der Waals surface area (Å²) in [6.45, 7) is 7.67. The Balaban J connectivity index is 1.29. The smallest absolute Gasteiger partial charge is 0.227 e. The summed E-state index contributed by atoms with van der Waals surface area (Å²) in [6.07, 6.45) is 3.09. The van der Waals surface area contributed by atoms with Gasteiger partial charge in [0.05, 0.1) is 5.92 Å². The summed E-state index contributed by atoms with van der Waals surface area (Å²) in [7, 11) is 0. The van der Waals surface area contributed by atoms with Crippen LogP contribution in [-0.4, -0.2) is 42.4 Å². The van der Waals surface area contributed by atoms with Crippen molar-refractivity contribution in [2.75, 3.05) is 24.5 Å². The van der Waals surface area contributed by atoms with Crippen LogP contribution in [0.1, 0.15) is 42.9 Å². The van der Waals surface area contributed by atoms with Gasteiger partial charge in [0.25, 0.3) is 0 Å². The van der Waals surface area contributed by atoms with Crippen LogP contribution in [0.3, 0.4) is 0 Å². The van der Waals surface area contributed by atoms with Crippen LogP contribution in [-0.2, 0) is 22.6 Å². The number of rotatable bonds is 6. The van der Waals surface area contributed by atoms with Crippen molar-refractivity contribution in [2.24, 2.45) is 5.92 Å². The Hall–Kier alpha value is -2.66. The molecular formula is C26H33N3O2. The van der Waals surface area contributed by atoms with Gasteiger partial charge in [-0.05, 0) is 48.9 Å². The predicted octanol–water partition coefficient (Wildman–Crippen LogP) is 3.69. The number of anilines is 1. The van der Waals surface area contributed by atoms with Crippen LogP contribution in [0.15, 0.2) is 48.5 Å². The Morgan fingerprint density at radius 3 is 2.42 bits per heavy atom. The highest BCUT2D eigenvalue weighted by Gasteiger charge is 2.36. The Labute approximate surface area is 185 Å². The molecule has 4 rings (SSSR count). The zero-order chi connectivity index (χ0) is 21.8. The fraction of sp³-hybridized carbons (Fsp3) is 0.462. The van der Waals surface area contributed by atoms with E-state index in [1.54, 1.807) is 4.90 Å². The van der Waals surface area contributed by atoms with Gasteiger partial charge in [-0.1, -0.05) is 49.4 Å². The summed E-state index contributed by atoms with van der Waals surface area (Å²) in [6, 6.07) is 16.7. The molecule has 2 amide bonds. The largest absolute Gasteiger partial charge is 0.353 e. The van der Waals surface area contributed by atoms with E-state index in [0.717, 1.165) is 50.1 Å². The molecule has 0 aliphatic carbocycles. The second-order valence-corrected chi connectivity index (χ2v) is 8.87. The average molecular weight is 420 g/mol. The summed E-state index contributed by atoms with van der Waals surface area (Å²) in [5, 5.41) is 3.23. The van der Waals surface area contributed by atoms with Crippen molar-refractivity contribution in [1.82, 2.24) is 10.2 Å². The molecule has 2 aromatic carbocycles. The van der Waals surface area contributed by atoms with Crippen LogP contribution in [0.4, 0.5) is 5.69 Å². The first-order valence-corrected chi connectivity index (χ1v) is 11.5. The molecule has 2 fully saturated rings. The van der Waals surface area contributed by atoms with E-state index < -0.39 is 0 Å². The minimum Gasteiger partial charge on any atom is -0.353 e. The fourth-order valence-corrected chi connectivity index (χ4v) is 4.77. The molecule has 2 aliphatic heterocycles. The zero-order valence-electron chi connectivity index (χ0n) is 18.6. The van der Waals surface area contributed by atoms with Crippen molar-refractivity contribution >= 4 is 17.5 Å². The second-order valence-electron chi connectivity index (χ2n) is 8.87. The summed E-state index contributed by atoms with van der Waals surface area (Å²) in [5.74, 6) is -0.182. The molecule has 2 aromatic rings. The lowest BCUT2D eigenvalue weighted by Gasteiger charge is -2.33. The van der Waals surface area contributed by atoms with Crippen LogP contribution >= 0.6 is 0 Å². The van der Waals surface area contributed by atoms with E-state index in [-0.39, 0.29) is 23.8 Å². The van der Waals surface area contributed by atoms with E-state index in [9.17, 15) is 9.59 Å². The molecule has 1 N–H and O–H groups in total. The number of piperidine rings is 1. The van der Waals surface area contributed by atoms with Crippen molar-refractivity contribution < 1.29 is 9.59 Å². The Morgan fingerprint density at radius 1 is 1.03 bits per heavy atom. The summed E-state index contributed by atoms with van der Waals surface area (Å²) >= 11 is 0. The van der Waals surface area contributed by atoms with Gasteiger partial charge in [0, 0.05) is 44.3 Å². The number of para-hydroxylation sites is 1. The van der Waals surface area contributed by atoms with Crippen LogP contribution < -0.4 is 10.2 Å². The van der Waals surface area contributed by atoms with Crippen LogP contribution in [0.2, 0.25) is 0 Å². The molecule has 2 aliphatic rings. The average Bonchev–Trinajstić information content (AvgIpc) is 3.18. The molecule has 2 heterocycles. The van der Waals surface area contributed by atoms with Gasteiger partial charge in [0.2, 0.25) is 11.8 Å². The SMILES string of the molecule is CCc1ccccc1N1CC(C(=O)NC2CCN(Cc3ccccc3C)CC2)CC1=O. The molecule has 2 saturated heterocycles. The zero-order valence-corrected chi connectivity index (χ0v) is 18.6. The number of hydrogen-bond donors (Lipinski definition) is 1. The van der Waals surface area contributed by atoms with E-state index in [4.69, 9.17) is 0 Å². The van der Waals surface area contributed by atoms with E-state index >= 15 is 0 Å². The van der Waals surface area contributed by atoms with Gasteiger partial charge >= 0.3 is 0 Å². The van der Waals surface area contributed by atoms with Gasteiger partial charge in [-0.25, -0.2) is 0 Å².